The van der Waals surface area contributed by atoms with Gasteiger partial charge in [-0.2, -0.15) is 0 Å². The number of hydrogen-bond acceptors (Lipinski definition) is 6. The van der Waals surface area contributed by atoms with Crippen LogP contribution in [0.2, 0.25) is 0 Å². The zero-order valence-electron chi connectivity index (χ0n) is 15.5. The summed E-state index contributed by atoms with van der Waals surface area (Å²) in [6.45, 7) is 4.38. The largest absolute Gasteiger partial charge is 0.497 e. The van der Waals surface area contributed by atoms with Gasteiger partial charge in [0, 0.05) is 43.5 Å². The van der Waals surface area contributed by atoms with Crippen LogP contribution in [-0.2, 0) is 6.42 Å². The van der Waals surface area contributed by atoms with Gasteiger partial charge in [-0.15, -0.1) is 0 Å². The fraction of sp³-hybridized carbons (Fsp3) is 0.474. The van der Waals surface area contributed by atoms with Crippen molar-refractivity contribution in [1.82, 2.24) is 9.97 Å². The number of benzene rings is 1. The van der Waals surface area contributed by atoms with Crippen LogP contribution in [0.3, 0.4) is 0 Å². The van der Waals surface area contributed by atoms with E-state index in [2.05, 4.69) is 20.2 Å². The van der Waals surface area contributed by atoms with Crippen molar-refractivity contribution in [1.29, 1.82) is 0 Å². The lowest BCUT2D eigenvalue weighted by Crippen LogP contribution is -2.23. The molecule has 0 aliphatic carbocycles. The highest BCUT2D eigenvalue weighted by molar-refractivity contribution is 5.56. The molecule has 1 N–H and O–H groups in total. The zero-order chi connectivity index (χ0) is 18.5. The van der Waals surface area contributed by atoms with Crippen molar-refractivity contribution in [3.8, 4) is 11.5 Å². The molecule has 1 aromatic heterocycles. The van der Waals surface area contributed by atoms with Gasteiger partial charge in [-0.1, -0.05) is 6.92 Å². The topological polar surface area (TPSA) is 59.5 Å². The number of anilines is 2. The number of nitrogens with zero attached hydrogens (tertiary/aromatic N) is 3. The molecule has 140 valence electrons. The molecule has 2 aromatic rings. The molecule has 0 amide bonds. The molecule has 1 aromatic carbocycles. The second kappa shape index (κ2) is 8.21. The van der Waals surface area contributed by atoms with Gasteiger partial charge in [0.15, 0.2) is 11.6 Å². The highest BCUT2D eigenvalue weighted by Gasteiger charge is 2.24. The first-order valence-corrected chi connectivity index (χ1v) is 8.85. The van der Waals surface area contributed by atoms with Gasteiger partial charge in [0.05, 0.1) is 19.9 Å². The van der Waals surface area contributed by atoms with Crippen LogP contribution in [0.5, 0.6) is 11.5 Å². The van der Waals surface area contributed by atoms with E-state index in [1.807, 2.05) is 25.1 Å². The number of halogens is 1. The lowest BCUT2D eigenvalue weighted by Gasteiger charge is -2.20. The molecule has 1 fully saturated rings. The first-order valence-electron chi connectivity index (χ1n) is 8.85. The SMILES string of the molecule is CCc1ncnc(NCC2CCN(c3cc(OC)cc(OC)c3)C2)c1F. The van der Waals surface area contributed by atoms with Gasteiger partial charge >= 0.3 is 0 Å². The number of ether oxygens (including phenoxy) is 2. The molecule has 1 aliphatic heterocycles. The van der Waals surface area contributed by atoms with Gasteiger partial charge in [-0.05, 0) is 18.8 Å². The Kier molecular flexibility index (Phi) is 5.75. The van der Waals surface area contributed by atoms with E-state index in [9.17, 15) is 4.39 Å². The van der Waals surface area contributed by atoms with E-state index in [0.29, 0.717) is 30.4 Å². The lowest BCUT2D eigenvalue weighted by molar-refractivity contribution is 0.394. The second-order valence-corrected chi connectivity index (χ2v) is 6.39. The van der Waals surface area contributed by atoms with Crippen molar-refractivity contribution in [2.45, 2.75) is 19.8 Å². The minimum Gasteiger partial charge on any atom is -0.497 e. The van der Waals surface area contributed by atoms with Crippen LogP contribution in [0, 0.1) is 11.7 Å². The smallest absolute Gasteiger partial charge is 0.186 e. The molecule has 1 unspecified atom stereocenters. The maximum Gasteiger partial charge on any atom is 0.186 e. The normalized spacial score (nSPS) is 16.6. The van der Waals surface area contributed by atoms with Crippen LogP contribution >= 0.6 is 0 Å². The summed E-state index contributed by atoms with van der Waals surface area (Å²) in [5.74, 6) is 1.90. The third kappa shape index (κ3) is 3.98. The van der Waals surface area contributed by atoms with Gasteiger partial charge in [0.1, 0.15) is 17.8 Å². The Hall–Kier alpha value is -2.57. The Bertz CT molecular complexity index is 734. The molecule has 7 heteroatoms. The quantitative estimate of drug-likeness (QED) is 0.819. The average Bonchev–Trinajstić information content (AvgIpc) is 3.15. The standard InChI is InChI=1S/C19H25FN4O2/c1-4-17-18(20)19(23-12-22-17)21-10-13-5-6-24(11-13)14-7-15(25-2)9-16(8-14)26-3/h7-9,12-13H,4-6,10-11H2,1-3H3,(H,21,22,23). The lowest BCUT2D eigenvalue weighted by atomic mass is 10.1. The zero-order valence-corrected chi connectivity index (χ0v) is 15.5. The maximum absolute atomic E-state index is 14.2. The van der Waals surface area contributed by atoms with Crippen LogP contribution in [0.1, 0.15) is 19.0 Å². The maximum atomic E-state index is 14.2. The molecule has 2 heterocycles. The number of methoxy groups -OCH3 is 2. The Morgan fingerprint density at radius 1 is 1.19 bits per heavy atom. The summed E-state index contributed by atoms with van der Waals surface area (Å²) in [5, 5.41) is 3.14. The Labute approximate surface area is 153 Å². The van der Waals surface area contributed by atoms with E-state index in [4.69, 9.17) is 9.47 Å². The second-order valence-electron chi connectivity index (χ2n) is 6.39. The third-order valence-corrected chi connectivity index (χ3v) is 4.74. The van der Waals surface area contributed by atoms with Crippen LogP contribution in [0.25, 0.3) is 0 Å². The molecule has 26 heavy (non-hydrogen) atoms. The Balaban J connectivity index is 1.63. The first kappa shape index (κ1) is 18.2. The fourth-order valence-corrected chi connectivity index (χ4v) is 3.23. The minimum absolute atomic E-state index is 0.290. The van der Waals surface area contributed by atoms with Gasteiger partial charge in [0.2, 0.25) is 0 Å². The van der Waals surface area contributed by atoms with Crippen molar-refractivity contribution < 1.29 is 13.9 Å². The third-order valence-electron chi connectivity index (χ3n) is 4.74. The number of hydrogen-bond donors (Lipinski definition) is 1. The highest BCUT2D eigenvalue weighted by Crippen LogP contribution is 2.31. The summed E-state index contributed by atoms with van der Waals surface area (Å²) in [6, 6.07) is 5.88. The minimum atomic E-state index is -0.345. The summed E-state index contributed by atoms with van der Waals surface area (Å²) < 4.78 is 24.9. The predicted octanol–water partition coefficient (Wildman–Crippen LogP) is 3.13. The van der Waals surface area contributed by atoms with Crippen LogP contribution in [0.15, 0.2) is 24.5 Å². The molecule has 1 aliphatic rings. The Morgan fingerprint density at radius 2 is 1.92 bits per heavy atom. The summed E-state index contributed by atoms with van der Waals surface area (Å²) in [6.07, 6.45) is 2.99. The average molecular weight is 360 g/mol. The van der Waals surface area contributed by atoms with E-state index in [1.165, 1.54) is 6.33 Å². The number of aromatic nitrogens is 2. The molecule has 1 atom stereocenters. The molecule has 1 saturated heterocycles. The van der Waals surface area contributed by atoms with Crippen molar-refractivity contribution in [2.75, 3.05) is 44.1 Å². The summed E-state index contributed by atoms with van der Waals surface area (Å²) in [5.41, 5.74) is 1.52. The molecular formula is C19H25FN4O2. The van der Waals surface area contributed by atoms with Crippen molar-refractivity contribution in [3.63, 3.8) is 0 Å². The molecule has 0 saturated carbocycles. The molecule has 0 radical (unpaired) electrons. The summed E-state index contributed by atoms with van der Waals surface area (Å²) in [7, 11) is 3.30. The summed E-state index contributed by atoms with van der Waals surface area (Å²) >= 11 is 0. The van der Waals surface area contributed by atoms with Crippen molar-refractivity contribution in [3.05, 3.63) is 36.0 Å². The highest BCUT2D eigenvalue weighted by atomic mass is 19.1. The number of nitrogens with one attached hydrogen (secondary N) is 1. The van der Waals surface area contributed by atoms with Crippen molar-refractivity contribution >= 4 is 11.5 Å². The fourth-order valence-electron chi connectivity index (χ4n) is 3.23. The van der Waals surface area contributed by atoms with E-state index < -0.39 is 0 Å². The van der Waals surface area contributed by atoms with E-state index in [-0.39, 0.29) is 5.82 Å². The van der Waals surface area contributed by atoms with Gasteiger partial charge < -0.3 is 19.7 Å². The molecule has 0 bridgehead atoms. The van der Waals surface area contributed by atoms with E-state index in [1.54, 1.807) is 14.2 Å². The molecule has 3 rings (SSSR count). The van der Waals surface area contributed by atoms with E-state index in [0.717, 1.165) is 36.7 Å². The number of aryl methyl sites for hydroxylation is 1. The Morgan fingerprint density at radius 3 is 2.58 bits per heavy atom. The molecular weight excluding hydrogens is 335 g/mol. The van der Waals surface area contributed by atoms with Gasteiger partial charge in [0.25, 0.3) is 0 Å². The molecule has 6 nitrogen and oxygen atoms in total. The van der Waals surface area contributed by atoms with Crippen LogP contribution in [0.4, 0.5) is 15.9 Å². The van der Waals surface area contributed by atoms with Crippen molar-refractivity contribution in [2.24, 2.45) is 5.92 Å². The van der Waals surface area contributed by atoms with Crippen LogP contribution < -0.4 is 19.7 Å². The first-order chi connectivity index (χ1) is 12.6. The molecule has 0 spiro atoms. The van der Waals surface area contributed by atoms with Gasteiger partial charge in [-0.3, -0.25) is 0 Å². The predicted molar refractivity (Wildman–Crippen MR) is 99.7 cm³/mol. The monoisotopic (exact) mass is 360 g/mol. The van der Waals surface area contributed by atoms with Crippen LogP contribution in [-0.4, -0.2) is 43.8 Å². The number of rotatable bonds is 7. The van der Waals surface area contributed by atoms with Gasteiger partial charge in [-0.25, -0.2) is 14.4 Å². The summed E-state index contributed by atoms with van der Waals surface area (Å²) in [4.78, 5) is 10.3. The van der Waals surface area contributed by atoms with E-state index >= 15 is 0 Å².